The van der Waals surface area contributed by atoms with Gasteiger partial charge in [0.1, 0.15) is 6.26 Å². The Labute approximate surface area is 124 Å². The van der Waals surface area contributed by atoms with E-state index in [0.717, 1.165) is 11.3 Å². The third-order valence-corrected chi connectivity index (χ3v) is 2.92. The van der Waals surface area contributed by atoms with Gasteiger partial charge < -0.3 is 15.1 Å². The molecule has 110 valence electrons. The number of aryl methyl sites for hydroxylation is 1. The van der Waals surface area contributed by atoms with Gasteiger partial charge in [0.2, 0.25) is 5.89 Å². The standard InChI is InChI=1S/C16H20N4O/c1-4-9-18-16(17-3)19-10-14-11-21-15(20-14)13-7-5-12(2)6-8-13/h4-8,11H,1,9-10H2,2-3H3,(H2,17,18,19). The number of aromatic nitrogens is 1. The van der Waals surface area contributed by atoms with Gasteiger partial charge in [-0.3, -0.25) is 4.99 Å². The third-order valence-electron chi connectivity index (χ3n) is 2.92. The van der Waals surface area contributed by atoms with Gasteiger partial charge in [0, 0.05) is 19.2 Å². The van der Waals surface area contributed by atoms with Crippen molar-refractivity contribution >= 4 is 5.96 Å². The van der Waals surface area contributed by atoms with Gasteiger partial charge in [-0.15, -0.1) is 6.58 Å². The lowest BCUT2D eigenvalue weighted by Crippen LogP contribution is -2.36. The molecule has 0 atom stereocenters. The van der Waals surface area contributed by atoms with Crippen LogP contribution in [0.4, 0.5) is 0 Å². The van der Waals surface area contributed by atoms with E-state index < -0.39 is 0 Å². The summed E-state index contributed by atoms with van der Waals surface area (Å²) in [5, 5.41) is 6.26. The molecule has 0 aliphatic carbocycles. The first-order valence-electron chi connectivity index (χ1n) is 6.80. The molecule has 0 spiro atoms. The lowest BCUT2D eigenvalue weighted by atomic mass is 10.1. The quantitative estimate of drug-likeness (QED) is 0.503. The van der Waals surface area contributed by atoms with Crippen molar-refractivity contribution in [3.05, 3.63) is 54.4 Å². The second-order valence-electron chi connectivity index (χ2n) is 4.61. The average molecular weight is 284 g/mol. The molecular formula is C16H20N4O. The summed E-state index contributed by atoms with van der Waals surface area (Å²) < 4.78 is 5.51. The normalized spacial score (nSPS) is 11.2. The van der Waals surface area contributed by atoms with E-state index in [9.17, 15) is 0 Å². The Hall–Kier alpha value is -2.56. The second kappa shape index (κ2) is 7.28. The average Bonchev–Trinajstić information content (AvgIpc) is 2.97. The maximum absolute atomic E-state index is 5.51. The van der Waals surface area contributed by atoms with Gasteiger partial charge in [-0.1, -0.05) is 23.8 Å². The summed E-state index contributed by atoms with van der Waals surface area (Å²) in [6.45, 7) is 6.92. The Bertz CT molecular complexity index is 613. The number of oxazole rings is 1. The molecule has 0 aliphatic rings. The fourth-order valence-electron chi connectivity index (χ4n) is 1.78. The maximum Gasteiger partial charge on any atom is 0.226 e. The topological polar surface area (TPSA) is 62.5 Å². The van der Waals surface area contributed by atoms with Gasteiger partial charge in [-0.05, 0) is 19.1 Å². The SMILES string of the molecule is C=CCNC(=NC)NCc1coc(-c2ccc(C)cc2)n1. The molecule has 2 N–H and O–H groups in total. The van der Waals surface area contributed by atoms with Crippen molar-refractivity contribution in [2.24, 2.45) is 4.99 Å². The molecule has 0 saturated carbocycles. The zero-order valence-electron chi connectivity index (χ0n) is 12.4. The first-order chi connectivity index (χ1) is 10.2. The minimum atomic E-state index is 0.548. The first kappa shape index (κ1) is 14.8. The summed E-state index contributed by atoms with van der Waals surface area (Å²) in [5.74, 6) is 1.33. The van der Waals surface area contributed by atoms with Crippen molar-refractivity contribution in [3.63, 3.8) is 0 Å². The molecule has 5 nitrogen and oxygen atoms in total. The van der Waals surface area contributed by atoms with E-state index in [4.69, 9.17) is 4.42 Å². The van der Waals surface area contributed by atoms with Crippen LogP contribution in [-0.4, -0.2) is 24.5 Å². The zero-order chi connectivity index (χ0) is 15.1. The maximum atomic E-state index is 5.51. The summed E-state index contributed by atoms with van der Waals surface area (Å²) in [5.41, 5.74) is 3.01. The van der Waals surface area contributed by atoms with Gasteiger partial charge in [0.15, 0.2) is 5.96 Å². The monoisotopic (exact) mass is 284 g/mol. The molecule has 5 heteroatoms. The van der Waals surface area contributed by atoms with Crippen molar-refractivity contribution in [1.29, 1.82) is 0 Å². The Morgan fingerprint density at radius 2 is 2.10 bits per heavy atom. The molecule has 0 aliphatic heterocycles. The number of hydrogen-bond acceptors (Lipinski definition) is 3. The Morgan fingerprint density at radius 3 is 2.76 bits per heavy atom. The Balaban J connectivity index is 1.97. The molecule has 0 amide bonds. The van der Waals surface area contributed by atoms with Gasteiger partial charge >= 0.3 is 0 Å². The highest BCUT2D eigenvalue weighted by molar-refractivity contribution is 5.79. The number of nitrogens with zero attached hydrogens (tertiary/aromatic N) is 2. The number of nitrogens with one attached hydrogen (secondary N) is 2. The summed E-state index contributed by atoms with van der Waals surface area (Å²) in [6, 6.07) is 8.09. The van der Waals surface area contributed by atoms with Crippen molar-refractivity contribution in [3.8, 4) is 11.5 Å². The highest BCUT2D eigenvalue weighted by atomic mass is 16.3. The van der Waals surface area contributed by atoms with E-state index in [0.29, 0.717) is 24.9 Å². The van der Waals surface area contributed by atoms with Crippen LogP contribution in [0, 0.1) is 6.92 Å². The highest BCUT2D eigenvalue weighted by Crippen LogP contribution is 2.18. The van der Waals surface area contributed by atoms with E-state index in [1.54, 1.807) is 19.4 Å². The molecule has 0 fully saturated rings. The molecule has 0 bridgehead atoms. The van der Waals surface area contributed by atoms with Crippen LogP contribution in [-0.2, 0) is 6.54 Å². The van der Waals surface area contributed by atoms with Crippen molar-refractivity contribution in [2.75, 3.05) is 13.6 Å². The summed E-state index contributed by atoms with van der Waals surface area (Å²) >= 11 is 0. The van der Waals surface area contributed by atoms with E-state index in [2.05, 4.69) is 34.1 Å². The first-order valence-corrected chi connectivity index (χ1v) is 6.80. The summed E-state index contributed by atoms with van der Waals surface area (Å²) in [6.07, 6.45) is 3.43. The lowest BCUT2D eigenvalue weighted by Gasteiger charge is -2.08. The minimum Gasteiger partial charge on any atom is -0.444 e. The third kappa shape index (κ3) is 4.21. The van der Waals surface area contributed by atoms with Crippen LogP contribution in [0.2, 0.25) is 0 Å². The van der Waals surface area contributed by atoms with E-state index in [-0.39, 0.29) is 0 Å². The number of guanidine groups is 1. The summed E-state index contributed by atoms with van der Waals surface area (Å²) in [7, 11) is 1.72. The van der Waals surface area contributed by atoms with E-state index >= 15 is 0 Å². The van der Waals surface area contributed by atoms with Crippen LogP contribution in [0.15, 0.2) is 52.6 Å². The van der Waals surface area contributed by atoms with Gasteiger partial charge in [-0.2, -0.15) is 0 Å². The van der Waals surface area contributed by atoms with Gasteiger partial charge in [0.25, 0.3) is 0 Å². The minimum absolute atomic E-state index is 0.548. The molecule has 1 heterocycles. The highest BCUT2D eigenvalue weighted by Gasteiger charge is 2.07. The fraction of sp³-hybridized carbons (Fsp3) is 0.250. The predicted molar refractivity (Wildman–Crippen MR) is 85.1 cm³/mol. The zero-order valence-corrected chi connectivity index (χ0v) is 12.4. The molecule has 0 radical (unpaired) electrons. The number of benzene rings is 1. The molecule has 0 unspecified atom stereocenters. The number of aliphatic imine (C=N–C) groups is 1. The molecule has 2 aromatic rings. The van der Waals surface area contributed by atoms with Crippen molar-refractivity contribution in [1.82, 2.24) is 15.6 Å². The fourth-order valence-corrected chi connectivity index (χ4v) is 1.78. The lowest BCUT2D eigenvalue weighted by molar-refractivity contribution is 0.572. The molecule has 0 saturated heterocycles. The largest absolute Gasteiger partial charge is 0.444 e. The van der Waals surface area contributed by atoms with E-state index in [1.165, 1.54) is 5.56 Å². The smallest absolute Gasteiger partial charge is 0.226 e. The summed E-state index contributed by atoms with van der Waals surface area (Å²) in [4.78, 5) is 8.57. The van der Waals surface area contributed by atoms with Crippen LogP contribution in [0.25, 0.3) is 11.5 Å². The molecular weight excluding hydrogens is 264 g/mol. The molecule has 21 heavy (non-hydrogen) atoms. The molecule has 1 aromatic carbocycles. The van der Waals surface area contributed by atoms with Crippen molar-refractivity contribution in [2.45, 2.75) is 13.5 Å². The van der Waals surface area contributed by atoms with Gasteiger partial charge in [0.05, 0.1) is 12.2 Å². The van der Waals surface area contributed by atoms with Crippen LogP contribution < -0.4 is 10.6 Å². The molecule has 1 aromatic heterocycles. The Kier molecular flexibility index (Phi) is 5.15. The predicted octanol–water partition coefficient (Wildman–Crippen LogP) is 2.50. The number of rotatable bonds is 5. The van der Waals surface area contributed by atoms with Crippen LogP contribution in [0.3, 0.4) is 0 Å². The Morgan fingerprint density at radius 1 is 1.33 bits per heavy atom. The van der Waals surface area contributed by atoms with Crippen LogP contribution in [0.1, 0.15) is 11.3 Å². The van der Waals surface area contributed by atoms with E-state index in [1.807, 2.05) is 24.3 Å². The van der Waals surface area contributed by atoms with Crippen molar-refractivity contribution < 1.29 is 4.42 Å². The second-order valence-corrected chi connectivity index (χ2v) is 4.61. The number of hydrogen-bond donors (Lipinski definition) is 2. The van der Waals surface area contributed by atoms with Crippen LogP contribution >= 0.6 is 0 Å². The van der Waals surface area contributed by atoms with Crippen LogP contribution in [0.5, 0.6) is 0 Å². The molecule has 2 rings (SSSR count). The van der Waals surface area contributed by atoms with Gasteiger partial charge in [-0.25, -0.2) is 4.98 Å².